The SMILES string of the molecule is O=CC(CC1CCCC1)c1ccc(SC(F)(F)F)cc1. The molecule has 5 heteroatoms. The summed E-state index contributed by atoms with van der Waals surface area (Å²) in [6.45, 7) is 0. The largest absolute Gasteiger partial charge is 0.446 e. The van der Waals surface area contributed by atoms with Gasteiger partial charge in [0.05, 0.1) is 0 Å². The van der Waals surface area contributed by atoms with Crippen molar-refractivity contribution < 1.29 is 18.0 Å². The third kappa shape index (κ3) is 4.54. The Balaban J connectivity index is 2.01. The predicted octanol–water partition coefficient (Wildman–Crippen LogP) is 5.16. The van der Waals surface area contributed by atoms with E-state index < -0.39 is 5.51 Å². The predicted molar refractivity (Wildman–Crippen MR) is 73.7 cm³/mol. The van der Waals surface area contributed by atoms with Crippen molar-refractivity contribution in [1.82, 2.24) is 0 Å². The Morgan fingerprint density at radius 1 is 1.20 bits per heavy atom. The van der Waals surface area contributed by atoms with E-state index in [2.05, 4.69) is 0 Å². The summed E-state index contributed by atoms with van der Waals surface area (Å²) in [4.78, 5) is 11.4. The number of halogens is 3. The van der Waals surface area contributed by atoms with E-state index in [1.807, 2.05) is 0 Å². The minimum atomic E-state index is -4.27. The molecule has 1 aromatic rings. The Morgan fingerprint density at radius 2 is 1.80 bits per heavy atom. The van der Waals surface area contributed by atoms with Gasteiger partial charge in [0, 0.05) is 10.8 Å². The summed E-state index contributed by atoms with van der Waals surface area (Å²) in [5, 5.41) is 0. The minimum Gasteiger partial charge on any atom is -0.303 e. The van der Waals surface area contributed by atoms with E-state index in [4.69, 9.17) is 0 Å². The molecular formula is C15H17F3OS. The van der Waals surface area contributed by atoms with Crippen LogP contribution in [0.2, 0.25) is 0 Å². The van der Waals surface area contributed by atoms with E-state index in [9.17, 15) is 18.0 Å². The topological polar surface area (TPSA) is 17.1 Å². The highest BCUT2D eigenvalue weighted by Gasteiger charge is 2.29. The van der Waals surface area contributed by atoms with Gasteiger partial charge in [-0.15, -0.1) is 0 Å². The third-order valence-electron chi connectivity index (χ3n) is 3.77. The standard InChI is InChI=1S/C15H17F3OS/c16-15(17,18)20-14-7-5-12(6-8-14)13(10-19)9-11-3-1-2-4-11/h5-8,10-11,13H,1-4,9H2. The maximum absolute atomic E-state index is 12.2. The lowest BCUT2D eigenvalue weighted by Gasteiger charge is -2.16. The van der Waals surface area contributed by atoms with Crippen molar-refractivity contribution in [3.8, 4) is 0 Å². The van der Waals surface area contributed by atoms with Gasteiger partial charge in [-0.3, -0.25) is 0 Å². The zero-order chi connectivity index (χ0) is 14.6. The molecule has 1 saturated carbocycles. The number of carbonyl (C=O) groups excluding carboxylic acids is 1. The molecule has 0 saturated heterocycles. The lowest BCUT2D eigenvalue weighted by molar-refractivity contribution is -0.109. The lowest BCUT2D eigenvalue weighted by Crippen LogP contribution is -2.06. The molecule has 0 heterocycles. The van der Waals surface area contributed by atoms with Gasteiger partial charge in [-0.2, -0.15) is 13.2 Å². The van der Waals surface area contributed by atoms with Gasteiger partial charge in [-0.05, 0) is 41.8 Å². The van der Waals surface area contributed by atoms with Gasteiger partial charge in [0.2, 0.25) is 0 Å². The van der Waals surface area contributed by atoms with E-state index in [0.717, 1.165) is 31.1 Å². The summed E-state index contributed by atoms with van der Waals surface area (Å²) < 4.78 is 36.7. The molecule has 0 spiro atoms. The summed E-state index contributed by atoms with van der Waals surface area (Å²) in [6.07, 6.45) is 6.49. The van der Waals surface area contributed by atoms with Crippen molar-refractivity contribution in [3.05, 3.63) is 29.8 Å². The first-order chi connectivity index (χ1) is 9.48. The number of carbonyl (C=O) groups is 1. The quantitative estimate of drug-likeness (QED) is 0.552. The summed E-state index contributed by atoms with van der Waals surface area (Å²) in [5.41, 5.74) is -3.45. The van der Waals surface area contributed by atoms with Crippen molar-refractivity contribution in [2.24, 2.45) is 5.92 Å². The number of rotatable bonds is 5. The number of hydrogen-bond donors (Lipinski definition) is 0. The van der Waals surface area contributed by atoms with Crippen LogP contribution >= 0.6 is 11.8 Å². The van der Waals surface area contributed by atoms with E-state index in [1.54, 1.807) is 12.1 Å². The highest BCUT2D eigenvalue weighted by molar-refractivity contribution is 8.00. The first kappa shape index (κ1) is 15.4. The van der Waals surface area contributed by atoms with Crippen molar-refractivity contribution in [1.29, 1.82) is 0 Å². The van der Waals surface area contributed by atoms with E-state index in [0.29, 0.717) is 5.92 Å². The Bertz CT molecular complexity index is 435. The molecule has 1 nitrogen and oxygen atoms in total. The second-order valence-electron chi connectivity index (χ2n) is 5.25. The molecular weight excluding hydrogens is 285 g/mol. The first-order valence-electron chi connectivity index (χ1n) is 6.79. The van der Waals surface area contributed by atoms with Crippen LogP contribution in [-0.4, -0.2) is 11.8 Å². The van der Waals surface area contributed by atoms with Crippen molar-refractivity contribution in [3.63, 3.8) is 0 Å². The van der Waals surface area contributed by atoms with Gasteiger partial charge in [0.1, 0.15) is 6.29 Å². The summed E-state index contributed by atoms with van der Waals surface area (Å²) >= 11 is -0.127. The molecule has 0 bridgehead atoms. The van der Waals surface area contributed by atoms with Gasteiger partial charge in [-0.25, -0.2) is 0 Å². The molecule has 1 unspecified atom stereocenters. The van der Waals surface area contributed by atoms with Crippen molar-refractivity contribution >= 4 is 18.0 Å². The molecule has 1 aliphatic carbocycles. The second-order valence-corrected chi connectivity index (χ2v) is 6.38. The van der Waals surface area contributed by atoms with Gasteiger partial charge in [0.15, 0.2) is 0 Å². The van der Waals surface area contributed by atoms with Gasteiger partial charge >= 0.3 is 5.51 Å². The Labute approximate surface area is 120 Å². The maximum atomic E-state index is 12.2. The average molecular weight is 302 g/mol. The highest BCUT2D eigenvalue weighted by atomic mass is 32.2. The van der Waals surface area contributed by atoms with Crippen LogP contribution in [0.1, 0.15) is 43.6 Å². The van der Waals surface area contributed by atoms with E-state index in [-0.39, 0.29) is 22.6 Å². The molecule has 0 radical (unpaired) electrons. The fraction of sp³-hybridized carbons (Fsp3) is 0.533. The fourth-order valence-electron chi connectivity index (χ4n) is 2.79. The average Bonchev–Trinajstić information content (AvgIpc) is 2.88. The minimum absolute atomic E-state index is 0.127. The number of benzene rings is 1. The zero-order valence-electron chi connectivity index (χ0n) is 11.0. The van der Waals surface area contributed by atoms with Crippen LogP contribution in [0, 0.1) is 5.92 Å². The molecule has 1 fully saturated rings. The zero-order valence-corrected chi connectivity index (χ0v) is 11.8. The smallest absolute Gasteiger partial charge is 0.303 e. The molecule has 0 N–H and O–H groups in total. The molecule has 1 aliphatic rings. The molecule has 1 aromatic carbocycles. The number of thioether (sulfide) groups is 1. The van der Waals surface area contributed by atoms with E-state index in [1.165, 1.54) is 25.0 Å². The van der Waals surface area contributed by atoms with Crippen molar-refractivity contribution in [2.75, 3.05) is 0 Å². The molecule has 0 aromatic heterocycles. The molecule has 110 valence electrons. The van der Waals surface area contributed by atoms with Crippen LogP contribution in [-0.2, 0) is 4.79 Å². The monoisotopic (exact) mass is 302 g/mol. The Hall–Kier alpha value is -0.970. The number of aldehydes is 1. The van der Waals surface area contributed by atoms with Crippen molar-refractivity contribution in [2.45, 2.75) is 48.4 Å². The van der Waals surface area contributed by atoms with Gasteiger partial charge in [-0.1, -0.05) is 37.8 Å². The molecule has 1 atom stereocenters. The molecule has 20 heavy (non-hydrogen) atoms. The third-order valence-corrected chi connectivity index (χ3v) is 4.51. The van der Waals surface area contributed by atoms with Gasteiger partial charge in [0.25, 0.3) is 0 Å². The normalized spacial score (nSPS) is 18.1. The van der Waals surface area contributed by atoms with E-state index >= 15 is 0 Å². The van der Waals surface area contributed by atoms with Gasteiger partial charge < -0.3 is 4.79 Å². The highest BCUT2D eigenvalue weighted by Crippen LogP contribution is 2.38. The van der Waals surface area contributed by atoms with Crippen LogP contribution in [0.4, 0.5) is 13.2 Å². The summed E-state index contributed by atoms with van der Waals surface area (Å²) in [6, 6.07) is 6.17. The Morgan fingerprint density at radius 3 is 2.30 bits per heavy atom. The second kappa shape index (κ2) is 6.66. The van der Waals surface area contributed by atoms with Crippen LogP contribution < -0.4 is 0 Å². The molecule has 0 aliphatic heterocycles. The number of alkyl halides is 3. The number of hydrogen-bond acceptors (Lipinski definition) is 2. The van der Waals surface area contributed by atoms with Crippen LogP contribution in [0.25, 0.3) is 0 Å². The fourth-order valence-corrected chi connectivity index (χ4v) is 3.33. The molecule has 0 amide bonds. The lowest BCUT2D eigenvalue weighted by atomic mass is 9.89. The van der Waals surface area contributed by atoms with Crippen LogP contribution in [0.15, 0.2) is 29.2 Å². The van der Waals surface area contributed by atoms with Crippen LogP contribution in [0.5, 0.6) is 0 Å². The first-order valence-corrected chi connectivity index (χ1v) is 7.60. The summed E-state index contributed by atoms with van der Waals surface area (Å²) in [7, 11) is 0. The summed E-state index contributed by atoms with van der Waals surface area (Å²) in [5.74, 6) is 0.387. The van der Waals surface area contributed by atoms with Crippen LogP contribution in [0.3, 0.4) is 0 Å². The molecule has 2 rings (SSSR count). The Kier molecular flexibility index (Phi) is 5.13. The maximum Gasteiger partial charge on any atom is 0.446 e.